The Bertz CT molecular complexity index is 396. The summed E-state index contributed by atoms with van der Waals surface area (Å²) in [7, 11) is 0. The molecule has 7 nitrogen and oxygen atoms in total. The van der Waals surface area contributed by atoms with E-state index < -0.39 is 24.3 Å². The van der Waals surface area contributed by atoms with Gasteiger partial charge in [-0.2, -0.15) is 0 Å². The maximum Gasteiger partial charge on any atom is 0.272 e. The van der Waals surface area contributed by atoms with Crippen LogP contribution < -0.4 is 11.0 Å². The van der Waals surface area contributed by atoms with E-state index in [1.54, 1.807) is 24.3 Å². The molecule has 0 fully saturated rings. The van der Waals surface area contributed by atoms with E-state index in [9.17, 15) is 9.59 Å². The summed E-state index contributed by atoms with van der Waals surface area (Å²) < 4.78 is 5.21. The summed E-state index contributed by atoms with van der Waals surface area (Å²) in [6, 6.07) is 9.03. The Morgan fingerprint density at radius 1 is 1.17 bits per heavy atom. The van der Waals surface area contributed by atoms with Crippen molar-refractivity contribution in [1.29, 1.82) is 0 Å². The first-order valence-corrected chi connectivity index (χ1v) is 5.19. The van der Waals surface area contributed by atoms with Crippen molar-refractivity contribution in [2.24, 2.45) is 0 Å². The molecule has 0 bridgehead atoms. The average Bonchev–Trinajstić information content (AvgIpc) is 2.43. The van der Waals surface area contributed by atoms with E-state index >= 15 is 0 Å². The number of benzene rings is 1. The van der Waals surface area contributed by atoms with Gasteiger partial charge in [0.05, 0.1) is 13.0 Å². The molecule has 0 spiro atoms. The van der Waals surface area contributed by atoms with Crippen molar-refractivity contribution in [2.45, 2.75) is 19.1 Å². The summed E-state index contributed by atoms with van der Waals surface area (Å²) in [6.45, 7) is 0.109. The van der Waals surface area contributed by atoms with Crippen molar-refractivity contribution in [3.63, 3.8) is 0 Å². The Hall–Kier alpha value is -1.96. The van der Waals surface area contributed by atoms with Gasteiger partial charge in [0.2, 0.25) is 5.91 Å². The van der Waals surface area contributed by atoms with E-state index in [1.807, 2.05) is 6.07 Å². The second kappa shape index (κ2) is 7.38. The number of hydrogen-bond donors (Lipinski definition) is 4. The van der Waals surface area contributed by atoms with E-state index in [4.69, 9.17) is 15.2 Å². The Morgan fingerprint density at radius 2 is 1.83 bits per heavy atom. The molecule has 0 aliphatic carbocycles. The molecule has 2 amide bonds. The Labute approximate surface area is 103 Å². The van der Waals surface area contributed by atoms with Crippen LogP contribution in [0.3, 0.4) is 0 Å². The van der Waals surface area contributed by atoms with Crippen molar-refractivity contribution in [3.05, 3.63) is 35.9 Å². The summed E-state index contributed by atoms with van der Waals surface area (Å²) in [5.74, 6) is -1.63. The summed E-state index contributed by atoms with van der Waals surface area (Å²) in [5.41, 5.74) is 3.61. The number of nitrogens with one attached hydrogen (secondary N) is 2. The summed E-state index contributed by atoms with van der Waals surface area (Å²) >= 11 is 0. The third-order valence-corrected chi connectivity index (χ3v) is 2.19. The van der Waals surface area contributed by atoms with Crippen LogP contribution in [0.15, 0.2) is 30.3 Å². The molecular weight excluding hydrogens is 240 g/mol. The minimum absolute atomic E-state index is 0.109. The van der Waals surface area contributed by atoms with E-state index in [0.717, 1.165) is 5.56 Å². The van der Waals surface area contributed by atoms with E-state index in [-0.39, 0.29) is 6.61 Å². The van der Waals surface area contributed by atoms with Gasteiger partial charge in [-0.1, -0.05) is 30.3 Å². The summed E-state index contributed by atoms with van der Waals surface area (Å²) in [5, 5.41) is 16.9. The first-order chi connectivity index (χ1) is 8.67. The molecule has 1 rings (SSSR count). The molecule has 1 atom stereocenters. The van der Waals surface area contributed by atoms with E-state index in [0.29, 0.717) is 0 Å². The molecule has 1 unspecified atom stereocenters. The molecule has 1 aromatic rings. The smallest absolute Gasteiger partial charge is 0.272 e. The van der Waals surface area contributed by atoms with Gasteiger partial charge in [-0.05, 0) is 5.56 Å². The lowest BCUT2D eigenvalue weighted by Crippen LogP contribution is -2.38. The van der Waals surface area contributed by atoms with Gasteiger partial charge < -0.3 is 4.74 Å². The maximum absolute atomic E-state index is 11.2. The zero-order chi connectivity index (χ0) is 13.4. The normalized spacial score (nSPS) is 11.7. The molecule has 0 saturated carbocycles. The van der Waals surface area contributed by atoms with Crippen LogP contribution in [-0.4, -0.2) is 28.3 Å². The number of ether oxygens (including phenoxy) is 1. The second-order valence-electron chi connectivity index (χ2n) is 3.50. The van der Waals surface area contributed by atoms with Crippen molar-refractivity contribution < 1.29 is 24.7 Å². The van der Waals surface area contributed by atoms with Gasteiger partial charge in [0.15, 0.2) is 0 Å². The number of hydrogen-bond acceptors (Lipinski definition) is 5. The lowest BCUT2D eigenvalue weighted by atomic mass is 10.2. The average molecular weight is 254 g/mol. The molecular formula is C11H14N2O5. The van der Waals surface area contributed by atoms with Crippen LogP contribution in [0.1, 0.15) is 12.0 Å². The topological polar surface area (TPSA) is 108 Å². The molecule has 98 valence electrons. The van der Waals surface area contributed by atoms with E-state index in [2.05, 4.69) is 0 Å². The van der Waals surface area contributed by atoms with Crippen LogP contribution >= 0.6 is 0 Å². The molecule has 0 heterocycles. The van der Waals surface area contributed by atoms with Gasteiger partial charge >= 0.3 is 0 Å². The minimum atomic E-state index is -1.18. The van der Waals surface area contributed by atoms with Crippen LogP contribution in [0.5, 0.6) is 0 Å². The van der Waals surface area contributed by atoms with Gasteiger partial charge in [0, 0.05) is 0 Å². The third-order valence-electron chi connectivity index (χ3n) is 2.19. The lowest BCUT2D eigenvalue weighted by Gasteiger charge is -2.14. The fourth-order valence-corrected chi connectivity index (χ4v) is 1.28. The summed E-state index contributed by atoms with van der Waals surface area (Å²) in [4.78, 5) is 22.2. The highest BCUT2D eigenvalue weighted by atomic mass is 16.5. The van der Waals surface area contributed by atoms with Gasteiger partial charge in [0.1, 0.15) is 6.10 Å². The van der Waals surface area contributed by atoms with Crippen LogP contribution in [0.25, 0.3) is 0 Å². The van der Waals surface area contributed by atoms with Crippen LogP contribution in [0.4, 0.5) is 0 Å². The Kier molecular flexibility index (Phi) is 5.78. The van der Waals surface area contributed by atoms with Crippen molar-refractivity contribution in [1.82, 2.24) is 11.0 Å². The molecule has 0 aromatic heterocycles. The zero-order valence-electron chi connectivity index (χ0n) is 9.50. The Balaban J connectivity index is 2.56. The highest BCUT2D eigenvalue weighted by Crippen LogP contribution is 2.06. The van der Waals surface area contributed by atoms with Gasteiger partial charge in [-0.25, -0.2) is 11.0 Å². The fourth-order valence-electron chi connectivity index (χ4n) is 1.28. The third kappa shape index (κ3) is 4.50. The highest BCUT2D eigenvalue weighted by molar-refractivity contribution is 5.86. The molecule has 4 N–H and O–H groups in total. The molecule has 0 radical (unpaired) electrons. The fraction of sp³-hybridized carbons (Fsp3) is 0.273. The first-order valence-electron chi connectivity index (χ1n) is 5.19. The predicted octanol–water partition coefficient (Wildman–Crippen LogP) is -0.0273. The lowest BCUT2D eigenvalue weighted by molar-refractivity contribution is -0.147. The first kappa shape index (κ1) is 14.1. The van der Waals surface area contributed by atoms with Crippen molar-refractivity contribution in [3.8, 4) is 0 Å². The standard InChI is InChI=1S/C11H14N2O5/c14-10(12-16)6-9(11(15)13-17)18-7-8-4-2-1-3-5-8/h1-5,9,16-17H,6-7H2,(H,12,14)(H,13,15). The molecule has 1 aromatic carbocycles. The van der Waals surface area contributed by atoms with Gasteiger partial charge in [-0.3, -0.25) is 20.0 Å². The maximum atomic E-state index is 11.2. The van der Waals surface area contributed by atoms with Crippen molar-refractivity contribution >= 4 is 11.8 Å². The number of amides is 2. The molecule has 0 aliphatic rings. The molecule has 0 saturated heterocycles. The molecule has 7 heteroatoms. The number of rotatable bonds is 6. The van der Waals surface area contributed by atoms with Crippen molar-refractivity contribution in [2.75, 3.05) is 0 Å². The highest BCUT2D eigenvalue weighted by Gasteiger charge is 2.22. The summed E-state index contributed by atoms with van der Waals surface area (Å²) in [6.07, 6.45) is -1.57. The minimum Gasteiger partial charge on any atom is -0.363 e. The predicted molar refractivity (Wildman–Crippen MR) is 59.5 cm³/mol. The molecule has 0 aliphatic heterocycles. The van der Waals surface area contributed by atoms with Crippen LogP contribution in [0.2, 0.25) is 0 Å². The number of carbonyl (C=O) groups is 2. The van der Waals surface area contributed by atoms with Crippen LogP contribution in [0, 0.1) is 0 Å². The van der Waals surface area contributed by atoms with Gasteiger partial charge in [0.25, 0.3) is 5.91 Å². The van der Waals surface area contributed by atoms with Crippen LogP contribution in [-0.2, 0) is 20.9 Å². The molecule has 18 heavy (non-hydrogen) atoms. The Morgan fingerprint density at radius 3 is 2.39 bits per heavy atom. The zero-order valence-corrected chi connectivity index (χ0v) is 9.50. The SMILES string of the molecule is O=C(CC(OCc1ccccc1)C(=O)NO)NO. The second-order valence-corrected chi connectivity index (χ2v) is 3.50. The number of hydroxylamine groups is 2. The van der Waals surface area contributed by atoms with E-state index in [1.165, 1.54) is 11.0 Å². The quantitative estimate of drug-likeness (QED) is 0.421. The monoisotopic (exact) mass is 254 g/mol. The number of carbonyl (C=O) groups excluding carboxylic acids is 2. The van der Waals surface area contributed by atoms with Gasteiger partial charge in [-0.15, -0.1) is 0 Å². The largest absolute Gasteiger partial charge is 0.363 e.